The van der Waals surface area contributed by atoms with Gasteiger partial charge in [0.15, 0.2) is 0 Å². The minimum Gasteiger partial charge on any atom is -0.248 e. The second kappa shape index (κ2) is 23.7. The first kappa shape index (κ1) is 42.0. The summed E-state index contributed by atoms with van der Waals surface area (Å²) in [6.07, 6.45) is 29.4. The summed E-state index contributed by atoms with van der Waals surface area (Å²) in [7, 11) is 0. The maximum Gasteiger partial charge on any atom is 0.113 e. The zero-order valence-corrected chi connectivity index (χ0v) is 34.7. The van der Waals surface area contributed by atoms with Crippen molar-refractivity contribution >= 4 is 0 Å². The minimum atomic E-state index is 0.747. The molecule has 2 aromatic carbocycles. The van der Waals surface area contributed by atoms with Crippen molar-refractivity contribution in [3.8, 4) is 23.7 Å². The predicted octanol–water partition coefficient (Wildman–Crippen LogP) is 14.2. The Bertz CT molecular complexity index is 1760. The van der Waals surface area contributed by atoms with Crippen molar-refractivity contribution in [1.82, 2.24) is 9.97 Å². The quantitative estimate of drug-likeness (QED) is 0.101. The van der Waals surface area contributed by atoms with Crippen LogP contribution in [0.4, 0.5) is 0 Å². The predicted molar refractivity (Wildman–Crippen MR) is 234 cm³/mol. The minimum absolute atomic E-state index is 0.747. The molecule has 0 aliphatic heterocycles. The number of aryl methyl sites for hydroxylation is 2. The highest BCUT2D eigenvalue weighted by Crippen LogP contribution is 2.39. The van der Waals surface area contributed by atoms with E-state index in [9.17, 15) is 0 Å². The molecule has 0 amide bonds. The van der Waals surface area contributed by atoms with Crippen molar-refractivity contribution in [2.24, 2.45) is 11.8 Å². The van der Waals surface area contributed by atoms with Crippen molar-refractivity contribution in [2.75, 3.05) is 0 Å². The molecule has 0 N–H and O–H groups in total. The van der Waals surface area contributed by atoms with Crippen LogP contribution in [0.3, 0.4) is 0 Å². The van der Waals surface area contributed by atoms with E-state index in [1.54, 1.807) is 0 Å². The van der Waals surface area contributed by atoms with Crippen molar-refractivity contribution < 1.29 is 0 Å². The third-order valence-electron chi connectivity index (χ3n) is 12.2. The van der Waals surface area contributed by atoms with Gasteiger partial charge in [-0.15, -0.1) is 0 Å². The van der Waals surface area contributed by atoms with E-state index in [-0.39, 0.29) is 0 Å². The summed E-state index contributed by atoms with van der Waals surface area (Å²) < 4.78 is 0. The van der Waals surface area contributed by atoms with Crippen LogP contribution >= 0.6 is 0 Å². The van der Waals surface area contributed by atoms with Crippen LogP contribution in [0.1, 0.15) is 193 Å². The number of unbranched alkanes of at least 4 members (excludes halogenated alkanes) is 4. The van der Waals surface area contributed by atoms with Crippen LogP contribution in [0.15, 0.2) is 85.2 Å². The van der Waals surface area contributed by atoms with Gasteiger partial charge in [-0.05, 0) is 158 Å². The van der Waals surface area contributed by atoms with Gasteiger partial charge in [0.05, 0.1) is 0 Å². The van der Waals surface area contributed by atoms with Crippen LogP contribution in [0, 0.1) is 35.5 Å². The fraction of sp³-hybridized carbons (Fsp3) is 0.509. The van der Waals surface area contributed by atoms with Crippen LogP contribution < -0.4 is 0 Å². The molecule has 290 valence electrons. The van der Waals surface area contributed by atoms with E-state index in [2.05, 4.69) is 122 Å². The Hall–Kier alpha value is -4.14. The zero-order valence-electron chi connectivity index (χ0n) is 34.7. The molecule has 0 atom stereocenters. The summed E-state index contributed by atoms with van der Waals surface area (Å²) in [5.74, 6) is 16.3. The number of hydrogen-bond donors (Lipinski definition) is 0. The average Bonchev–Trinajstić information content (AvgIpc) is 3.24. The third-order valence-corrected chi connectivity index (χ3v) is 12.2. The molecule has 6 rings (SSSR count). The van der Waals surface area contributed by atoms with E-state index in [1.807, 2.05) is 24.5 Å². The standard InChI is InChI=1S/C27H35N.C26H33N/c1-3-5-6-8-22-9-15-25(16-10-22)26-17-11-23(12-18-26)13-19-27-20-14-24(7-4-2)21-28-27;1-3-5-6-7-22-8-14-24(15-9-22)25-16-10-23(11-17-25)13-19-26-18-12-21(4-2)20-27-26/h11-12,14,17-18,20-22,25H,3-10,15-16H2,1-2H3;10-12,16-18,20,22,24H,3-9,14-15H2,1-2H3. The zero-order chi connectivity index (χ0) is 38.5. The molecule has 0 radical (unpaired) electrons. The monoisotopic (exact) mass is 733 g/mol. The number of aromatic nitrogens is 2. The highest BCUT2D eigenvalue weighted by molar-refractivity contribution is 5.43. The summed E-state index contributed by atoms with van der Waals surface area (Å²) >= 11 is 0. The van der Waals surface area contributed by atoms with Gasteiger partial charge in [0.25, 0.3) is 0 Å². The molecule has 2 nitrogen and oxygen atoms in total. The molecule has 2 heterocycles. The van der Waals surface area contributed by atoms with Crippen molar-refractivity contribution in [1.29, 1.82) is 0 Å². The van der Waals surface area contributed by atoms with Gasteiger partial charge in [0, 0.05) is 23.5 Å². The maximum atomic E-state index is 4.46. The normalized spacial score (nSPS) is 19.2. The Balaban J connectivity index is 0.000000211. The van der Waals surface area contributed by atoms with Gasteiger partial charge in [-0.3, -0.25) is 0 Å². The lowest BCUT2D eigenvalue weighted by Gasteiger charge is -2.29. The molecule has 2 aliphatic rings. The van der Waals surface area contributed by atoms with E-state index in [4.69, 9.17) is 0 Å². The van der Waals surface area contributed by atoms with E-state index in [0.29, 0.717) is 0 Å². The van der Waals surface area contributed by atoms with Gasteiger partial charge in [0.2, 0.25) is 0 Å². The molecule has 0 spiro atoms. The van der Waals surface area contributed by atoms with Gasteiger partial charge in [-0.1, -0.05) is 134 Å². The molecule has 2 aliphatic carbocycles. The van der Waals surface area contributed by atoms with Gasteiger partial charge in [0.1, 0.15) is 11.4 Å². The number of benzene rings is 2. The highest BCUT2D eigenvalue weighted by Gasteiger charge is 2.23. The Morgan fingerprint density at radius 3 is 1.25 bits per heavy atom. The number of hydrogen-bond acceptors (Lipinski definition) is 2. The molecular weight excluding hydrogens is 665 g/mol. The van der Waals surface area contributed by atoms with Crippen LogP contribution in [0.2, 0.25) is 0 Å². The molecule has 2 saturated carbocycles. The van der Waals surface area contributed by atoms with E-state index >= 15 is 0 Å². The SMILES string of the molecule is CCCCCC1CCC(c2ccc(C#Cc3ccc(CC)cn3)cc2)CC1.CCCCCC1CCC(c2ccc(C#Cc3ccc(CCC)cn3)cc2)CC1. The Morgan fingerprint density at radius 2 is 0.891 bits per heavy atom. The number of rotatable bonds is 13. The number of pyridine rings is 2. The Morgan fingerprint density at radius 1 is 0.455 bits per heavy atom. The summed E-state index contributed by atoms with van der Waals surface area (Å²) in [6, 6.07) is 26.2. The molecule has 55 heavy (non-hydrogen) atoms. The Labute approximate surface area is 335 Å². The smallest absolute Gasteiger partial charge is 0.113 e. The topological polar surface area (TPSA) is 25.8 Å². The van der Waals surface area contributed by atoms with Gasteiger partial charge < -0.3 is 0 Å². The lowest BCUT2D eigenvalue weighted by atomic mass is 9.77. The van der Waals surface area contributed by atoms with Crippen molar-refractivity contribution in [3.63, 3.8) is 0 Å². The fourth-order valence-corrected chi connectivity index (χ4v) is 8.53. The summed E-state index contributed by atoms with van der Waals surface area (Å²) in [4.78, 5) is 8.88. The third kappa shape index (κ3) is 14.5. The summed E-state index contributed by atoms with van der Waals surface area (Å²) in [5, 5.41) is 0. The van der Waals surface area contributed by atoms with Gasteiger partial charge >= 0.3 is 0 Å². The molecule has 2 fully saturated rings. The van der Waals surface area contributed by atoms with Crippen LogP contribution in [-0.2, 0) is 12.8 Å². The number of nitrogens with zero attached hydrogens (tertiary/aromatic N) is 2. The first-order chi connectivity index (χ1) is 27.1. The first-order valence-electron chi connectivity index (χ1n) is 22.2. The Kier molecular flexibility index (Phi) is 18.1. The maximum absolute atomic E-state index is 4.46. The second-order valence-corrected chi connectivity index (χ2v) is 16.4. The summed E-state index contributed by atoms with van der Waals surface area (Å²) in [6.45, 7) is 8.92. The van der Waals surface area contributed by atoms with Crippen molar-refractivity contribution in [2.45, 2.75) is 162 Å². The molecule has 4 aromatic rings. The average molecular weight is 733 g/mol. The molecule has 0 unspecified atom stereocenters. The van der Waals surface area contributed by atoms with E-state index in [1.165, 1.54) is 125 Å². The van der Waals surface area contributed by atoms with E-state index in [0.717, 1.165) is 65.4 Å². The van der Waals surface area contributed by atoms with Gasteiger partial charge in [-0.25, -0.2) is 9.97 Å². The van der Waals surface area contributed by atoms with Crippen LogP contribution in [0.25, 0.3) is 0 Å². The highest BCUT2D eigenvalue weighted by atomic mass is 14.7. The summed E-state index contributed by atoms with van der Waals surface area (Å²) in [5.41, 5.74) is 9.40. The van der Waals surface area contributed by atoms with E-state index < -0.39 is 0 Å². The van der Waals surface area contributed by atoms with Gasteiger partial charge in [-0.2, -0.15) is 0 Å². The molecular formula is C53H68N2. The van der Waals surface area contributed by atoms with Crippen molar-refractivity contribution in [3.05, 3.63) is 130 Å². The lowest BCUT2D eigenvalue weighted by molar-refractivity contribution is 0.303. The molecule has 2 heteroatoms. The fourth-order valence-electron chi connectivity index (χ4n) is 8.53. The molecule has 2 aromatic heterocycles. The van der Waals surface area contributed by atoms with Crippen LogP contribution in [0.5, 0.6) is 0 Å². The van der Waals surface area contributed by atoms with Crippen LogP contribution in [-0.4, -0.2) is 9.97 Å². The lowest BCUT2D eigenvalue weighted by Crippen LogP contribution is -2.13. The second-order valence-electron chi connectivity index (χ2n) is 16.4. The largest absolute Gasteiger partial charge is 0.248 e. The first-order valence-corrected chi connectivity index (χ1v) is 22.2. The molecule has 0 saturated heterocycles. The molecule has 0 bridgehead atoms.